The molecule has 2 rings (SSSR count). The Morgan fingerprint density at radius 2 is 1.03 bits per heavy atom. The van der Waals surface area contributed by atoms with Crippen LogP contribution < -0.4 is 0 Å². The molecule has 0 saturated heterocycles. The lowest BCUT2D eigenvalue weighted by Gasteiger charge is -2.47. The summed E-state index contributed by atoms with van der Waals surface area (Å²) in [5, 5.41) is 10.2. The Kier molecular flexibility index (Phi) is 6.07. The monoisotopic (exact) mass is 516 g/mol. The third-order valence-corrected chi connectivity index (χ3v) is 5.29. The van der Waals surface area contributed by atoms with Crippen molar-refractivity contribution in [2.24, 2.45) is 0 Å². The quantitative estimate of drug-likeness (QED) is 0.424. The van der Waals surface area contributed by atoms with Crippen LogP contribution >= 0.6 is 0 Å². The zero-order valence-corrected chi connectivity index (χ0v) is 15.5. The van der Waals surface area contributed by atoms with Crippen LogP contribution in [0.15, 0.2) is 24.3 Å². The minimum Gasteiger partial charge on any atom is -0.379 e. The molecule has 1 aromatic carbocycles. The Morgan fingerprint density at radius 3 is 1.52 bits per heavy atom. The number of halogens is 15. The first-order chi connectivity index (χ1) is 14.5. The second-order valence-electron chi connectivity index (χ2n) is 7.32. The number of rotatable bonds is 6. The molecule has 0 aromatic heterocycles. The van der Waals surface area contributed by atoms with Crippen molar-refractivity contribution in [3.8, 4) is 0 Å². The van der Waals surface area contributed by atoms with Crippen LogP contribution in [0.3, 0.4) is 0 Å². The topological polar surface area (TPSA) is 20.2 Å². The van der Waals surface area contributed by atoms with Gasteiger partial charge in [0.2, 0.25) is 0 Å². The Balaban J connectivity index is 2.69. The Labute approximate surface area is 174 Å². The molecular weight excluding hydrogens is 505 g/mol. The lowest BCUT2D eigenvalue weighted by Crippen LogP contribution is -2.74. The molecule has 33 heavy (non-hydrogen) atoms. The summed E-state index contributed by atoms with van der Waals surface area (Å²) in [7, 11) is 0. The van der Waals surface area contributed by atoms with Gasteiger partial charge in [0.25, 0.3) is 0 Å². The van der Waals surface area contributed by atoms with Crippen molar-refractivity contribution in [2.75, 3.05) is 0 Å². The molecule has 1 nitrogen and oxygen atoms in total. The van der Waals surface area contributed by atoms with Crippen LogP contribution in [0.25, 0.3) is 0 Å². The van der Waals surface area contributed by atoms with Crippen molar-refractivity contribution in [3.63, 3.8) is 0 Å². The van der Waals surface area contributed by atoms with E-state index in [2.05, 4.69) is 0 Å². The number of aryl methyl sites for hydroxylation is 1. The van der Waals surface area contributed by atoms with Gasteiger partial charge >= 0.3 is 41.7 Å². The highest BCUT2D eigenvalue weighted by molar-refractivity contribution is 5.38. The number of alkyl halides is 15. The van der Waals surface area contributed by atoms with Crippen LogP contribution in [0.1, 0.15) is 24.0 Å². The van der Waals surface area contributed by atoms with Gasteiger partial charge in [-0.15, -0.1) is 0 Å². The highest BCUT2D eigenvalue weighted by Gasteiger charge is 2.94. The number of benzene rings is 1. The largest absolute Gasteiger partial charge is 0.460 e. The summed E-state index contributed by atoms with van der Waals surface area (Å²) in [4.78, 5) is 0. The number of hydrogen-bond donors (Lipinski definition) is 1. The predicted octanol–water partition coefficient (Wildman–Crippen LogP) is 6.58. The molecule has 190 valence electrons. The van der Waals surface area contributed by atoms with E-state index in [4.69, 9.17) is 0 Å². The molecule has 1 aliphatic carbocycles. The molecule has 16 heteroatoms. The molecule has 0 amide bonds. The molecule has 0 bridgehead atoms. The molecule has 1 unspecified atom stereocenters. The maximum Gasteiger partial charge on any atom is 0.460 e. The van der Waals surface area contributed by atoms with Crippen LogP contribution in [0.4, 0.5) is 65.9 Å². The second kappa shape index (κ2) is 7.31. The first-order valence-electron chi connectivity index (χ1n) is 8.59. The van der Waals surface area contributed by atoms with Gasteiger partial charge < -0.3 is 5.11 Å². The molecule has 0 saturated carbocycles. The number of fused-ring (bicyclic) bond motifs is 1. The Bertz CT molecular complexity index is 889. The average Bonchev–Trinajstić information content (AvgIpc) is 2.66. The van der Waals surface area contributed by atoms with Gasteiger partial charge in [0.15, 0.2) is 5.60 Å². The lowest BCUT2D eigenvalue weighted by molar-refractivity contribution is -0.460. The summed E-state index contributed by atoms with van der Waals surface area (Å²) in [5.41, 5.74) is -5.91. The fourth-order valence-corrected chi connectivity index (χ4v) is 3.36. The van der Waals surface area contributed by atoms with Gasteiger partial charge in [0.1, 0.15) is 0 Å². The van der Waals surface area contributed by atoms with Crippen LogP contribution in [-0.4, -0.2) is 46.8 Å². The van der Waals surface area contributed by atoms with E-state index in [0.717, 1.165) is 18.2 Å². The summed E-state index contributed by atoms with van der Waals surface area (Å²) >= 11 is 0. The van der Waals surface area contributed by atoms with Gasteiger partial charge in [0, 0.05) is 0 Å². The minimum absolute atomic E-state index is 0.192. The summed E-state index contributed by atoms with van der Waals surface area (Å²) < 4.78 is 202. The molecule has 0 fully saturated rings. The summed E-state index contributed by atoms with van der Waals surface area (Å²) in [6.45, 7) is 0. The highest BCUT2D eigenvalue weighted by atomic mass is 19.4. The van der Waals surface area contributed by atoms with E-state index in [-0.39, 0.29) is 12.0 Å². The van der Waals surface area contributed by atoms with Gasteiger partial charge in [-0.05, 0) is 30.4 Å². The molecular formula is C17H11F15O. The fraction of sp³-hybridized carbons (Fsp3) is 0.647. The van der Waals surface area contributed by atoms with Gasteiger partial charge in [-0.1, -0.05) is 24.3 Å². The van der Waals surface area contributed by atoms with Gasteiger partial charge in [-0.2, -0.15) is 65.9 Å². The summed E-state index contributed by atoms with van der Waals surface area (Å²) in [6.07, 6.45) is -9.97. The van der Waals surface area contributed by atoms with E-state index in [1.54, 1.807) is 0 Å². The third-order valence-electron chi connectivity index (χ3n) is 5.29. The molecule has 1 N–H and O–H groups in total. The SMILES string of the molecule is OC1(C(F)(F)C(F)(F)C(F)(F)C(F)(F)C(F)(F)C(F)(F)C(F)(F)F)CCCc2ccccc21. The summed E-state index contributed by atoms with van der Waals surface area (Å²) in [5.74, 6) is -47.5. The van der Waals surface area contributed by atoms with Crippen molar-refractivity contribution in [2.45, 2.75) is 66.6 Å². The lowest BCUT2D eigenvalue weighted by atomic mass is 9.72. The van der Waals surface area contributed by atoms with Crippen molar-refractivity contribution < 1.29 is 71.0 Å². The van der Waals surface area contributed by atoms with Crippen molar-refractivity contribution in [1.82, 2.24) is 0 Å². The van der Waals surface area contributed by atoms with Crippen LogP contribution in [-0.2, 0) is 12.0 Å². The van der Waals surface area contributed by atoms with Crippen LogP contribution in [0.5, 0.6) is 0 Å². The molecule has 1 atom stereocenters. The van der Waals surface area contributed by atoms with Crippen LogP contribution in [0.2, 0.25) is 0 Å². The van der Waals surface area contributed by atoms with E-state index < -0.39 is 65.7 Å². The van der Waals surface area contributed by atoms with Crippen LogP contribution in [0, 0.1) is 0 Å². The van der Waals surface area contributed by atoms with E-state index in [1.807, 2.05) is 0 Å². The van der Waals surface area contributed by atoms with Crippen molar-refractivity contribution in [1.29, 1.82) is 0 Å². The number of hydrogen-bond acceptors (Lipinski definition) is 1. The van der Waals surface area contributed by atoms with Gasteiger partial charge in [-0.3, -0.25) is 0 Å². The Hall–Kier alpha value is -1.87. The molecule has 1 aliphatic rings. The molecule has 0 spiro atoms. The summed E-state index contributed by atoms with van der Waals surface area (Å²) in [6, 6.07) is 3.44. The normalized spacial score (nSPS) is 21.7. The van der Waals surface area contributed by atoms with E-state index in [1.165, 1.54) is 0 Å². The molecule has 0 radical (unpaired) electrons. The minimum atomic E-state index is -8.38. The standard InChI is InChI=1S/C17H11F15O/c18-11(19,10(33)7-3-5-8-4-1-2-6-9(8)10)12(20,21)13(22,23)14(24,25)15(26,27)16(28,29)17(30,31)32/h1-2,4,6,33H,3,5,7H2. The molecule has 0 aliphatic heterocycles. The van der Waals surface area contributed by atoms with E-state index in [9.17, 15) is 71.0 Å². The smallest absolute Gasteiger partial charge is 0.379 e. The zero-order valence-electron chi connectivity index (χ0n) is 15.5. The molecule has 1 aromatic rings. The number of aliphatic hydroxyl groups is 1. The van der Waals surface area contributed by atoms with Gasteiger partial charge in [-0.25, -0.2) is 0 Å². The maximum atomic E-state index is 14.6. The molecule has 0 heterocycles. The third kappa shape index (κ3) is 3.29. The fourth-order valence-electron chi connectivity index (χ4n) is 3.36. The van der Waals surface area contributed by atoms with E-state index >= 15 is 0 Å². The van der Waals surface area contributed by atoms with E-state index in [0.29, 0.717) is 6.07 Å². The van der Waals surface area contributed by atoms with Crippen molar-refractivity contribution >= 4 is 0 Å². The predicted molar refractivity (Wildman–Crippen MR) is 79.0 cm³/mol. The van der Waals surface area contributed by atoms with Crippen molar-refractivity contribution in [3.05, 3.63) is 35.4 Å². The van der Waals surface area contributed by atoms with Gasteiger partial charge in [0.05, 0.1) is 0 Å². The second-order valence-corrected chi connectivity index (χ2v) is 7.32. The first kappa shape index (κ1) is 27.4. The average molecular weight is 516 g/mol. The highest BCUT2D eigenvalue weighted by Crippen LogP contribution is 2.65. The maximum absolute atomic E-state index is 14.6. The first-order valence-corrected chi connectivity index (χ1v) is 8.59. The Morgan fingerprint density at radius 1 is 0.606 bits per heavy atom. The zero-order chi connectivity index (χ0) is 26.1.